The first-order valence-electron chi connectivity index (χ1n) is 12.9. The van der Waals surface area contributed by atoms with Gasteiger partial charge < -0.3 is 19.9 Å². The van der Waals surface area contributed by atoms with Gasteiger partial charge in [-0.05, 0) is 69.7 Å². The maximum atomic E-state index is 6.27. The normalized spacial score (nSPS) is 17.1. The molecule has 0 unspecified atom stereocenters. The van der Waals surface area contributed by atoms with Crippen molar-refractivity contribution in [3.05, 3.63) is 46.2 Å². The first-order valence-corrected chi connectivity index (χ1v) is 13.7. The molecule has 2 aliphatic heterocycles. The zero-order valence-electron chi connectivity index (χ0n) is 22.0. The highest BCUT2D eigenvalue weighted by molar-refractivity contribution is 7.80. The predicted octanol–water partition coefficient (Wildman–Crippen LogP) is 3.24. The quantitative estimate of drug-likeness (QED) is 0.246. The van der Waals surface area contributed by atoms with Crippen LogP contribution in [-0.2, 0) is 4.74 Å². The number of nitrogens with one attached hydrogen (secondary N) is 2. The number of aliphatic imine (C=N–C) groups is 1. The van der Waals surface area contributed by atoms with Gasteiger partial charge in [-0.15, -0.1) is 0 Å². The zero-order chi connectivity index (χ0) is 26.2. The molecule has 0 radical (unpaired) electrons. The lowest BCUT2D eigenvalue weighted by Gasteiger charge is -2.38. The number of guanidine groups is 1. The Morgan fingerprint density at radius 2 is 1.73 bits per heavy atom. The summed E-state index contributed by atoms with van der Waals surface area (Å²) in [5, 5.41) is 7.86. The maximum Gasteiger partial charge on any atom is 0.229 e. The molecule has 9 nitrogen and oxygen atoms in total. The second-order valence-electron chi connectivity index (χ2n) is 9.48. The lowest BCUT2D eigenvalue weighted by molar-refractivity contribution is 0.0376. The number of hydrogen-bond donors (Lipinski definition) is 2. The molecule has 2 fully saturated rings. The van der Waals surface area contributed by atoms with Crippen molar-refractivity contribution in [3.8, 4) is 0 Å². The van der Waals surface area contributed by atoms with Gasteiger partial charge in [-0.25, -0.2) is 9.97 Å². The third-order valence-electron chi connectivity index (χ3n) is 6.54. The molecule has 37 heavy (non-hydrogen) atoms. The minimum absolute atomic E-state index is 0.460. The average molecular weight is 545 g/mol. The second kappa shape index (κ2) is 13.3. The number of piperazine rings is 1. The Balaban J connectivity index is 1.40. The van der Waals surface area contributed by atoms with E-state index in [4.69, 9.17) is 33.5 Å². The van der Waals surface area contributed by atoms with Crippen molar-refractivity contribution < 1.29 is 4.74 Å². The van der Waals surface area contributed by atoms with E-state index in [0.29, 0.717) is 17.0 Å². The van der Waals surface area contributed by atoms with Crippen LogP contribution in [0.2, 0.25) is 5.02 Å². The van der Waals surface area contributed by atoms with Crippen molar-refractivity contribution in [1.82, 2.24) is 25.1 Å². The van der Waals surface area contributed by atoms with Crippen molar-refractivity contribution >= 4 is 46.5 Å². The average Bonchev–Trinajstić information content (AvgIpc) is 2.88. The minimum Gasteiger partial charge on any atom is -0.379 e. The summed E-state index contributed by atoms with van der Waals surface area (Å²) in [4.78, 5) is 20.9. The molecule has 1 aromatic heterocycles. The molecular weight excluding hydrogens is 508 g/mol. The molecule has 0 amide bonds. The topological polar surface area (TPSA) is 81.1 Å². The van der Waals surface area contributed by atoms with Crippen LogP contribution in [0, 0.1) is 20.8 Å². The van der Waals surface area contributed by atoms with E-state index in [1.54, 1.807) is 0 Å². The predicted molar refractivity (Wildman–Crippen MR) is 155 cm³/mol. The summed E-state index contributed by atoms with van der Waals surface area (Å²) in [5.74, 6) is 1.19. The van der Waals surface area contributed by atoms with Gasteiger partial charge in [0.2, 0.25) is 11.9 Å². The van der Waals surface area contributed by atoms with Crippen molar-refractivity contribution in [2.24, 2.45) is 4.99 Å². The molecular formula is C26H37ClN8OS. The van der Waals surface area contributed by atoms with Crippen LogP contribution in [0.1, 0.15) is 23.4 Å². The van der Waals surface area contributed by atoms with Crippen LogP contribution >= 0.6 is 23.8 Å². The monoisotopic (exact) mass is 544 g/mol. The van der Waals surface area contributed by atoms with Gasteiger partial charge in [0.05, 0.1) is 13.2 Å². The van der Waals surface area contributed by atoms with Crippen molar-refractivity contribution in [3.63, 3.8) is 0 Å². The van der Waals surface area contributed by atoms with E-state index in [-0.39, 0.29) is 0 Å². The van der Waals surface area contributed by atoms with Crippen molar-refractivity contribution in [2.75, 3.05) is 75.8 Å². The summed E-state index contributed by atoms with van der Waals surface area (Å²) in [6.45, 7) is 14.7. The number of benzene rings is 1. The molecule has 200 valence electrons. The summed E-state index contributed by atoms with van der Waals surface area (Å²) < 4.78 is 5.43. The first-order chi connectivity index (χ1) is 17.9. The van der Waals surface area contributed by atoms with Gasteiger partial charge in [0, 0.05) is 67.9 Å². The van der Waals surface area contributed by atoms with Gasteiger partial charge >= 0.3 is 0 Å². The molecule has 2 N–H and O–H groups in total. The largest absolute Gasteiger partial charge is 0.379 e. The van der Waals surface area contributed by atoms with E-state index in [0.717, 1.165) is 88.4 Å². The maximum absolute atomic E-state index is 6.27. The van der Waals surface area contributed by atoms with Crippen LogP contribution < -0.4 is 15.5 Å². The highest BCUT2D eigenvalue weighted by Gasteiger charge is 2.22. The molecule has 0 atom stereocenters. The van der Waals surface area contributed by atoms with Crippen LogP contribution in [0.4, 0.5) is 11.6 Å². The number of morpholine rings is 1. The summed E-state index contributed by atoms with van der Waals surface area (Å²) in [6, 6.07) is 8.00. The molecule has 4 rings (SSSR count). The van der Waals surface area contributed by atoms with Gasteiger partial charge in [0.15, 0.2) is 5.11 Å². The highest BCUT2D eigenvalue weighted by Crippen LogP contribution is 2.25. The number of ether oxygens (including phenoxy) is 1. The van der Waals surface area contributed by atoms with E-state index in [1.165, 1.54) is 11.3 Å². The molecule has 2 aromatic rings. The van der Waals surface area contributed by atoms with Crippen LogP contribution in [0.25, 0.3) is 0 Å². The zero-order valence-corrected chi connectivity index (χ0v) is 23.5. The van der Waals surface area contributed by atoms with E-state index in [9.17, 15) is 0 Å². The van der Waals surface area contributed by atoms with E-state index >= 15 is 0 Å². The molecule has 0 aliphatic carbocycles. The van der Waals surface area contributed by atoms with E-state index < -0.39 is 0 Å². The number of anilines is 2. The van der Waals surface area contributed by atoms with Crippen molar-refractivity contribution in [1.29, 1.82) is 0 Å². The highest BCUT2D eigenvalue weighted by atomic mass is 35.5. The Hall–Kier alpha value is -2.53. The summed E-state index contributed by atoms with van der Waals surface area (Å²) in [5.41, 5.74) is 4.20. The molecule has 0 bridgehead atoms. The number of thiocarbonyl (C=S) groups is 1. The smallest absolute Gasteiger partial charge is 0.229 e. The van der Waals surface area contributed by atoms with Crippen LogP contribution in [0.3, 0.4) is 0 Å². The third kappa shape index (κ3) is 8.23. The standard InChI is InChI=1S/C26H37ClN8OS/c1-19-5-6-22(27)18-23(19)34-9-11-35(12-10-34)25(31-24-29-20(2)17-21(3)30-24)32-26(37)28-7-4-8-33-13-15-36-16-14-33/h5-6,17-18H,4,7-16H2,1-3H3,(H2,28,29,30,31,32,37). The Morgan fingerprint density at radius 3 is 2.43 bits per heavy atom. The van der Waals surface area contributed by atoms with Gasteiger partial charge in [0.25, 0.3) is 0 Å². The summed E-state index contributed by atoms with van der Waals surface area (Å²) in [6.07, 6.45) is 0.996. The van der Waals surface area contributed by atoms with E-state index in [2.05, 4.69) is 48.3 Å². The number of aromatic nitrogens is 2. The lowest BCUT2D eigenvalue weighted by atomic mass is 10.1. The molecule has 3 heterocycles. The van der Waals surface area contributed by atoms with Gasteiger partial charge in [-0.2, -0.15) is 4.99 Å². The summed E-state index contributed by atoms with van der Waals surface area (Å²) in [7, 11) is 0. The van der Waals surface area contributed by atoms with Gasteiger partial charge in [-0.1, -0.05) is 17.7 Å². The molecule has 2 saturated heterocycles. The molecule has 0 saturated carbocycles. The van der Waals surface area contributed by atoms with Crippen molar-refractivity contribution in [2.45, 2.75) is 27.2 Å². The number of rotatable bonds is 6. The third-order valence-corrected chi connectivity index (χ3v) is 7.01. The first kappa shape index (κ1) is 27.5. The molecule has 1 aromatic carbocycles. The minimum atomic E-state index is 0.460. The fourth-order valence-electron chi connectivity index (χ4n) is 4.60. The van der Waals surface area contributed by atoms with Crippen LogP contribution in [0.5, 0.6) is 0 Å². The van der Waals surface area contributed by atoms with Crippen LogP contribution in [-0.4, -0.2) is 96.4 Å². The number of halogens is 1. The molecule has 11 heteroatoms. The number of nitrogens with zero attached hydrogens (tertiary/aromatic N) is 6. The Labute approximate surface area is 230 Å². The van der Waals surface area contributed by atoms with Gasteiger partial charge in [0.1, 0.15) is 0 Å². The Kier molecular flexibility index (Phi) is 9.90. The van der Waals surface area contributed by atoms with Gasteiger partial charge in [-0.3, -0.25) is 10.2 Å². The second-order valence-corrected chi connectivity index (χ2v) is 10.3. The van der Waals surface area contributed by atoms with E-state index in [1.807, 2.05) is 32.0 Å². The number of hydrogen-bond acceptors (Lipinski definition) is 6. The van der Waals surface area contributed by atoms with Crippen LogP contribution in [0.15, 0.2) is 29.3 Å². The fourth-order valence-corrected chi connectivity index (χ4v) is 4.96. The SMILES string of the molecule is Cc1cc(C)nc(N/C(=N/C(=S)NCCCN2CCOCC2)N2CCN(c3cc(Cl)ccc3C)CC2)n1. The molecule has 0 spiro atoms. The molecule has 2 aliphatic rings. The Bertz CT molecular complexity index is 1080. The summed E-state index contributed by atoms with van der Waals surface area (Å²) >= 11 is 11.9. The fraction of sp³-hybridized carbons (Fsp3) is 0.538. The lowest BCUT2D eigenvalue weighted by Crippen LogP contribution is -2.51. The number of aryl methyl sites for hydroxylation is 3. The Morgan fingerprint density at radius 1 is 1.03 bits per heavy atom.